The molecule has 1 aliphatic carbocycles. The first-order valence-electron chi connectivity index (χ1n) is 6.73. The highest BCUT2D eigenvalue weighted by molar-refractivity contribution is 5.76. The predicted molar refractivity (Wildman–Crippen MR) is 69.6 cm³/mol. The monoisotopic (exact) mass is 241 g/mol. The van der Waals surface area contributed by atoms with Crippen LogP contribution in [0.15, 0.2) is 0 Å². The standard InChI is InChI=1S/C14H27NO2/c1-10(14(2,3)4)7-13(17)15-9-11-5-6-12(16)8-11/h10-12,16H,5-9H2,1-4H3,(H,15,17). The fourth-order valence-electron chi connectivity index (χ4n) is 2.15. The van der Waals surface area contributed by atoms with Gasteiger partial charge in [0.1, 0.15) is 0 Å². The zero-order valence-electron chi connectivity index (χ0n) is 11.6. The summed E-state index contributed by atoms with van der Waals surface area (Å²) < 4.78 is 0. The van der Waals surface area contributed by atoms with Crippen molar-refractivity contribution in [2.75, 3.05) is 6.54 Å². The largest absolute Gasteiger partial charge is 0.393 e. The molecule has 0 spiro atoms. The van der Waals surface area contributed by atoms with Gasteiger partial charge >= 0.3 is 0 Å². The molecule has 0 aromatic heterocycles. The maximum absolute atomic E-state index is 11.8. The molecule has 0 saturated heterocycles. The van der Waals surface area contributed by atoms with Crippen LogP contribution in [0.3, 0.4) is 0 Å². The van der Waals surface area contributed by atoms with Crippen molar-refractivity contribution in [3.05, 3.63) is 0 Å². The summed E-state index contributed by atoms with van der Waals surface area (Å²) in [6.45, 7) is 9.35. The van der Waals surface area contributed by atoms with E-state index >= 15 is 0 Å². The van der Waals surface area contributed by atoms with E-state index in [2.05, 4.69) is 33.0 Å². The molecule has 1 saturated carbocycles. The van der Waals surface area contributed by atoms with Crippen molar-refractivity contribution in [3.8, 4) is 0 Å². The highest BCUT2D eigenvalue weighted by atomic mass is 16.3. The van der Waals surface area contributed by atoms with Crippen LogP contribution in [0, 0.1) is 17.3 Å². The van der Waals surface area contributed by atoms with Crippen molar-refractivity contribution in [2.45, 2.75) is 59.5 Å². The molecule has 1 amide bonds. The Hall–Kier alpha value is -0.570. The quantitative estimate of drug-likeness (QED) is 0.793. The molecule has 0 aromatic carbocycles. The lowest BCUT2D eigenvalue weighted by atomic mass is 9.80. The SMILES string of the molecule is CC(CC(=O)NCC1CCC(O)C1)C(C)(C)C. The molecule has 3 atom stereocenters. The Morgan fingerprint density at radius 1 is 1.41 bits per heavy atom. The number of nitrogens with one attached hydrogen (secondary N) is 1. The lowest BCUT2D eigenvalue weighted by Gasteiger charge is -2.26. The topological polar surface area (TPSA) is 49.3 Å². The number of hydrogen-bond donors (Lipinski definition) is 2. The van der Waals surface area contributed by atoms with Crippen LogP contribution in [-0.4, -0.2) is 23.7 Å². The lowest BCUT2D eigenvalue weighted by Crippen LogP contribution is -2.32. The second kappa shape index (κ2) is 5.85. The molecule has 3 nitrogen and oxygen atoms in total. The first-order chi connectivity index (χ1) is 7.79. The van der Waals surface area contributed by atoms with Crippen molar-refractivity contribution in [2.24, 2.45) is 17.3 Å². The van der Waals surface area contributed by atoms with Gasteiger partial charge in [0.05, 0.1) is 6.10 Å². The molecule has 2 N–H and O–H groups in total. The zero-order chi connectivity index (χ0) is 13.1. The minimum absolute atomic E-state index is 0.147. The molecule has 0 aromatic rings. The third-order valence-electron chi connectivity index (χ3n) is 4.07. The lowest BCUT2D eigenvalue weighted by molar-refractivity contribution is -0.122. The summed E-state index contributed by atoms with van der Waals surface area (Å²) in [6, 6.07) is 0. The number of carbonyl (C=O) groups is 1. The van der Waals surface area contributed by atoms with Crippen molar-refractivity contribution >= 4 is 5.91 Å². The molecule has 17 heavy (non-hydrogen) atoms. The Morgan fingerprint density at radius 2 is 2.06 bits per heavy atom. The first-order valence-corrected chi connectivity index (χ1v) is 6.73. The molecular formula is C14H27NO2. The third-order valence-corrected chi connectivity index (χ3v) is 4.07. The summed E-state index contributed by atoms with van der Waals surface area (Å²) >= 11 is 0. The van der Waals surface area contributed by atoms with Gasteiger partial charge < -0.3 is 10.4 Å². The average molecular weight is 241 g/mol. The zero-order valence-corrected chi connectivity index (χ0v) is 11.6. The maximum Gasteiger partial charge on any atom is 0.220 e. The molecule has 0 heterocycles. The van der Waals surface area contributed by atoms with Gasteiger partial charge in [-0.05, 0) is 36.5 Å². The number of hydrogen-bond acceptors (Lipinski definition) is 2. The van der Waals surface area contributed by atoms with E-state index in [9.17, 15) is 9.90 Å². The van der Waals surface area contributed by atoms with Gasteiger partial charge in [-0.25, -0.2) is 0 Å². The molecule has 1 aliphatic rings. The van der Waals surface area contributed by atoms with Crippen LogP contribution in [0.5, 0.6) is 0 Å². The Balaban J connectivity index is 2.21. The number of rotatable bonds is 4. The van der Waals surface area contributed by atoms with Crippen molar-refractivity contribution < 1.29 is 9.90 Å². The molecule has 0 bridgehead atoms. The van der Waals surface area contributed by atoms with E-state index in [-0.39, 0.29) is 17.4 Å². The van der Waals surface area contributed by atoms with Crippen LogP contribution < -0.4 is 5.32 Å². The van der Waals surface area contributed by atoms with E-state index < -0.39 is 0 Å². The van der Waals surface area contributed by atoms with Gasteiger partial charge in [-0.1, -0.05) is 27.7 Å². The average Bonchev–Trinajstić information content (AvgIpc) is 2.60. The third kappa shape index (κ3) is 5.07. The summed E-state index contributed by atoms with van der Waals surface area (Å²) in [5.74, 6) is 1.00. The fourth-order valence-corrected chi connectivity index (χ4v) is 2.15. The molecule has 0 radical (unpaired) electrons. The fraction of sp³-hybridized carbons (Fsp3) is 0.929. The molecule has 100 valence electrons. The Bertz CT molecular complexity index is 257. The highest BCUT2D eigenvalue weighted by Crippen LogP contribution is 2.28. The number of aliphatic hydroxyl groups excluding tert-OH is 1. The second-order valence-corrected chi connectivity index (χ2v) is 6.61. The minimum Gasteiger partial charge on any atom is -0.393 e. The highest BCUT2D eigenvalue weighted by Gasteiger charge is 2.25. The molecule has 1 rings (SSSR count). The van der Waals surface area contributed by atoms with Gasteiger partial charge in [0, 0.05) is 13.0 Å². The van der Waals surface area contributed by atoms with E-state index in [4.69, 9.17) is 0 Å². The maximum atomic E-state index is 11.8. The Kier molecular flexibility index (Phi) is 4.99. The van der Waals surface area contributed by atoms with Crippen molar-refractivity contribution in [3.63, 3.8) is 0 Å². The van der Waals surface area contributed by atoms with Crippen LogP contribution in [0.4, 0.5) is 0 Å². The smallest absolute Gasteiger partial charge is 0.220 e. The molecule has 3 unspecified atom stereocenters. The summed E-state index contributed by atoms with van der Waals surface area (Å²) in [5, 5.41) is 12.4. The van der Waals surface area contributed by atoms with Crippen LogP contribution >= 0.6 is 0 Å². The van der Waals surface area contributed by atoms with Gasteiger partial charge in [0.2, 0.25) is 5.91 Å². The molecule has 3 heteroatoms. The molecular weight excluding hydrogens is 214 g/mol. The normalized spacial score (nSPS) is 26.9. The summed E-state index contributed by atoms with van der Waals surface area (Å²) in [7, 11) is 0. The van der Waals surface area contributed by atoms with Gasteiger partial charge in [-0.2, -0.15) is 0 Å². The predicted octanol–water partition coefficient (Wildman–Crippen LogP) is 2.34. The second-order valence-electron chi connectivity index (χ2n) is 6.61. The molecule has 1 fully saturated rings. The van der Waals surface area contributed by atoms with Gasteiger partial charge in [-0.15, -0.1) is 0 Å². The van der Waals surface area contributed by atoms with Crippen LogP contribution in [-0.2, 0) is 4.79 Å². The summed E-state index contributed by atoms with van der Waals surface area (Å²) in [5.41, 5.74) is 0.181. The van der Waals surface area contributed by atoms with Crippen LogP contribution in [0.25, 0.3) is 0 Å². The number of amides is 1. The van der Waals surface area contributed by atoms with Gasteiger partial charge in [0.15, 0.2) is 0 Å². The Morgan fingerprint density at radius 3 is 2.53 bits per heavy atom. The van der Waals surface area contributed by atoms with Crippen molar-refractivity contribution in [1.29, 1.82) is 0 Å². The van der Waals surface area contributed by atoms with Crippen LogP contribution in [0.1, 0.15) is 53.4 Å². The summed E-state index contributed by atoms with van der Waals surface area (Å²) in [6.07, 6.45) is 3.22. The number of aliphatic hydroxyl groups is 1. The van der Waals surface area contributed by atoms with E-state index in [1.54, 1.807) is 0 Å². The van der Waals surface area contributed by atoms with E-state index in [1.807, 2.05) is 0 Å². The van der Waals surface area contributed by atoms with E-state index in [0.717, 1.165) is 25.8 Å². The van der Waals surface area contributed by atoms with Gasteiger partial charge in [0.25, 0.3) is 0 Å². The minimum atomic E-state index is -0.148. The Labute approximate surface area is 105 Å². The van der Waals surface area contributed by atoms with E-state index in [0.29, 0.717) is 18.3 Å². The number of carbonyl (C=O) groups excluding carboxylic acids is 1. The van der Waals surface area contributed by atoms with Crippen LogP contribution in [0.2, 0.25) is 0 Å². The van der Waals surface area contributed by atoms with E-state index in [1.165, 1.54) is 0 Å². The molecule has 0 aliphatic heterocycles. The first kappa shape index (κ1) is 14.5. The van der Waals surface area contributed by atoms with Crippen molar-refractivity contribution in [1.82, 2.24) is 5.32 Å². The van der Waals surface area contributed by atoms with Gasteiger partial charge in [-0.3, -0.25) is 4.79 Å². The summed E-state index contributed by atoms with van der Waals surface area (Å²) in [4.78, 5) is 11.8.